The molecule has 0 aromatic heterocycles. The zero-order valence-corrected chi connectivity index (χ0v) is 12.4. The normalized spacial score (nSPS) is 15.9. The summed E-state index contributed by atoms with van der Waals surface area (Å²) in [7, 11) is 1.57. The van der Waals surface area contributed by atoms with E-state index in [0.29, 0.717) is 22.9 Å². The SMILES string of the molecule is COc1ccc(Cl)cc1NC(=O)CCN1CCNCC1. The van der Waals surface area contributed by atoms with Crippen molar-refractivity contribution in [2.75, 3.05) is 45.2 Å². The van der Waals surface area contributed by atoms with Crippen molar-refractivity contribution >= 4 is 23.2 Å². The number of halogens is 1. The van der Waals surface area contributed by atoms with E-state index in [4.69, 9.17) is 16.3 Å². The number of rotatable bonds is 5. The van der Waals surface area contributed by atoms with Gasteiger partial charge in [-0.2, -0.15) is 0 Å². The first-order chi connectivity index (χ1) is 9.69. The number of piperazine rings is 1. The minimum absolute atomic E-state index is 0.0240. The lowest BCUT2D eigenvalue weighted by Crippen LogP contribution is -2.44. The number of carbonyl (C=O) groups is 1. The van der Waals surface area contributed by atoms with Crippen molar-refractivity contribution in [3.63, 3.8) is 0 Å². The van der Waals surface area contributed by atoms with Gasteiger partial charge in [0.05, 0.1) is 12.8 Å². The van der Waals surface area contributed by atoms with Gasteiger partial charge in [-0.15, -0.1) is 0 Å². The first kappa shape index (κ1) is 15.1. The summed E-state index contributed by atoms with van der Waals surface area (Å²) in [6.07, 6.45) is 0.468. The summed E-state index contributed by atoms with van der Waals surface area (Å²) in [5.41, 5.74) is 0.616. The highest BCUT2D eigenvalue weighted by Gasteiger charge is 2.12. The second kappa shape index (κ2) is 7.47. The van der Waals surface area contributed by atoms with Gasteiger partial charge in [0.15, 0.2) is 0 Å². The van der Waals surface area contributed by atoms with Gasteiger partial charge >= 0.3 is 0 Å². The van der Waals surface area contributed by atoms with Crippen LogP contribution in [0.15, 0.2) is 18.2 Å². The molecule has 1 heterocycles. The van der Waals surface area contributed by atoms with Crippen molar-refractivity contribution in [2.24, 2.45) is 0 Å². The molecule has 1 aliphatic rings. The average molecular weight is 298 g/mol. The molecule has 2 rings (SSSR count). The average Bonchev–Trinajstić information content (AvgIpc) is 2.46. The Hall–Kier alpha value is -1.30. The molecule has 6 heteroatoms. The lowest BCUT2D eigenvalue weighted by atomic mass is 10.2. The number of nitrogens with zero attached hydrogens (tertiary/aromatic N) is 1. The first-order valence-electron chi connectivity index (χ1n) is 6.75. The van der Waals surface area contributed by atoms with Gasteiger partial charge in [0.1, 0.15) is 5.75 Å². The number of amides is 1. The fraction of sp³-hybridized carbons (Fsp3) is 0.500. The molecule has 1 aliphatic heterocycles. The number of anilines is 1. The molecule has 0 atom stereocenters. The smallest absolute Gasteiger partial charge is 0.225 e. The van der Waals surface area contributed by atoms with Crippen LogP contribution in [0.25, 0.3) is 0 Å². The number of benzene rings is 1. The summed E-state index contributed by atoms with van der Waals surface area (Å²) in [5.74, 6) is 0.592. The van der Waals surface area contributed by atoms with E-state index < -0.39 is 0 Å². The van der Waals surface area contributed by atoms with E-state index in [2.05, 4.69) is 15.5 Å². The molecule has 1 fully saturated rings. The molecule has 110 valence electrons. The van der Waals surface area contributed by atoms with Crippen LogP contribution in [-0.2, 0) is 4.79 Å². The topological polar surface area (TPSA) is 53.6 Å². The summed E-state index contributed by atoms with van der Waals surface area (Å²) in [4.78, 5) is 14.3. The van der Waals surface area contributed by atoms with Crippen LogP contribution >= 0.6 is 11.6 Å². The Kier molecular flexibility index (Phi) is 5.64. The molecule has 1 aromatic carbocycles. The zero-order valence-electron chi connectivity index (χ0n) is 11.6. The molecule has 5 nitrogen and oxygen atoms in total. The predicted molar refractivity (Wildman–Crippen MR) is 80.6 cm³/mol. The first-order valence-corrected chi connectivity index (χ1v) is 7.13. The largest absolute Gasteiger partial charge is 0.495 e. The summed E-state index contributed by atoms with van der Waals surface area (Å²) >= 11 is 5.93. The molecular formula is C14H20ClN3O2. The van der Waals surface area contributed by atoms with Gasteiger partial charge in [-0.05, 0) is 18.2 Å². The van der Waals surface area contributed by atoms with E-state index in [1.165, 1.54) is 0 Å². The number of ether oxygens (including phenoxy) is 1. The van der Waals surface area contributed by atoms with Gasteiger partial charge in [-0.25, -0.2) is 0 Å². The van der Waals surface area contributed by atoms with Gasteiger partial charge in [0.25, 0.3) is 0 Å². The van der Waals surface area contributed by atoms with Gasteiger partial charge in [-0.3, -0.25) is 4.79 Å². The Morgan fingerprint density at radius 3 is 2.90 bits per heavy atom. The third-order valence-electron chi connectivity index (χ3n) is 3.30. The molecule has 0 unspecified atom stereocenters. The Bertz CT molecular complexity index is 462. The highest BCUT2D eigenvalue weighted by atomic mass is 35.5. The molecule has 2 N–H and O–H groups in total. The third-order valence-corrected chi connectivity index (χ3v) is 3.54. The maximum atomic E-state index is 12.0. The van der Waals surface area contributed by atoms with Crippen LogP contribution in [0.4, 0.5) is 5.69 Å². The molecule has 0 radical (unpaired) electrons. The van der Waals surface area contributed by atoms with Crippen molar-refractivity contribution in [2.45, 2.75) is 6.42 Å². The maximum absolute atomic E-state index is 12.0. The maximum Gasteiger partial charge on any atom is 0.225 e. The molecular weight excluding hydrogens is 278 g/mol. The van der Waals surface area contributed by atoms with Crippen molar-refractivity contribution in [1.29, 1.82) is 0 Å². The number of hydrogen-bond donors (Lipinski definition) is 2. The van der Waals surface area contributed by atoms with E-state index >= 15 is 0 Å². The van der Waals surface area contributed by atoms with E-state index in [9.17, 15) is 4.79 Å². The van der Waals surface area contributed by atoms with Crippen molar-refractivity contribution in [1.82, 2.24) is 10.2 Å². The standard InChI is InChI=1S/C14H20ClN3O2/c1-20-13-3-2-11(15)10-12(13)17-14(19)4-7-18-8-5-16-6-9-18/h2-3,10,16H,4-9H2,1H3,(H,17,19). The van der Waals surface area contributed by atoms with Crippen LogP contribution in [0.5, 0.6) is 5.75 Å². The fourth-order valence-corrected chi connectivity index (χ4v) is 2.36. The van der Waals surface area contributed by atoms with E-state index in [1.54, 1.807) is 25.3 Å². The zero-order chi connectivity index (χ0) is 14.4. The minimum Gasteiger partial charge on any atom is -0.495 e. The minimum atomic E-state index is -0.0240. The molecule has 1 saturated heterocycles. The van der Waals surface area contributed by atoms with Crippen molar-refractivity contribution in [3.05, 3.63) is 23.2 Å². The van der Waals surface area contributed by atoms with Crippen LogP contribution < -0.4 is 15.4 Å². The second-order valence-electron chi connectivity index (χ2n) is 4.73. The summed E-state index contributed by atoms with van der Waals surface area (Å²) < 4.78 is 5.20. The molecule has 1 aromatic rings. The molecule has 0 spiro atoms. The third kappa shape index (κ3) is 4.37. The van der Waals surface area contributed by atoms with Crippen molar-refractivity contribution in [3.8, 4) is 5.75 Å². The molecule has 0 saturated carbocycles. The Morgan fingerprint density at radius 2 is 2.20 bits per heavy atom. The number of hydrogen-bond acceptors (Lipinski definition) is 4. The Morgan fingerprint density at radius 1 is 1.45 bits per heavy atom. The molecule has 1 amide bonds. The number of nitrogens with one attached hydrogen (secondary N) is 2. The van der Waals surface area contributed by atoms with Crippen LogP contribution in [0.2, 0.25) is 5.02 Å². The lowest BCUT2D eigenvalue weighted by Gasteiger charge is -2.26. The molecule has 0 aliphatic carbocycles. The van der Waals surface area contributed by atoms with E-state index in [0.717, 1.165) is 32.7 Å². The fourth-order valence-electron chi connectivity index (χ4n) is 2.19. The van der Waals surface area contributed by atoms with Gasteiger partial charge in [-0.1, -0.05) is 11.6 Å². The predicted octanol–water partition coefficient (Wildman–Crippen LogP) is 1.58. The lowest BCUT2D eigenvalue weighted by molar-refractivity contribution is -0.116. The number of methoxy groups -OCH3 is 1. The van der Waals surface area contributed by atoms with Crippen LogP contribution in [0.3, 0.4) is 0 Å². The highest BCUT2D eigenvalue weighted by molar-refractivity contribution is 6.31. The molecule has 20 heavy (non-hydrogen) atoms. The monoisotopic (exact) mass is 297 g/mol. The van der Waals surface area contributed by atoms with E-state index in [-0.39, 0.29) is 5.91 Å². The Labute approximate surface area is 124 Å². The molecule has 0 bridgehead atoms. The summed E-state index contributed by atoms with van der Waals surface area (Å²) in [6.45, 7) is 4.74. The van der Waals surface area contributed by atoms with Crippen LogP contribution in [0, 0.1) is 0 Å². The van der Waals surface area contributed by atoms with Gasteiger partial charge in [0.2, 0.25) is 5.91 Å². The Balaban J connectivity index is 1.86. The van der Waals surface area contributed by atoms with Gasteiger partial charge in [0, 0.05) is 44.2 Å². The quantitative estimate of drug-likeness (QED) is 0.866. The second-order valence-corrected chi connectivity index (χ2v) is 5.17. The summed E-state index contributed by atoms with van der Waals surface area (Å²) in [6, 6.07) is 5.17. The van der Waals surface area contributed by atoms with E-state index in [1.807, 2.05) is 0 Å². The summed E-state index contributed by atoms with van der Waals surface area (Å²) in [5, 5.41) is 6.71. The van der Waals surface area contributed by atoms with Gasteiger partial charge < -0.3 is 20.3 Å². The number of carbonyl (C=O) groups excluding carboxylic acids is 1. The van der Waals surface area contributed by atoms with Crippen molar-refractivity contribution < 1.29 is 9.53 Å². The van der Waals surface area contributed by atoms with Crippen LogP contribution in [0.1, 0.15) is 6.42 Å². The highest BCUT2D eigenvalue weighted by Crippen LogP contribution is 2.27. The van der Waals surface area contributed by atoms with Crippen LogP contribution in [-0.4, -0.2) is 50.6 Å².